The van der Waals surface area contributed by atoms with Crippen molar-refractivity contribution in [3.05, 3.63) is 75.9 Å². The van der Waals surface area contributed by atoms with Crippen LogP contribution in [0.2, 0.25) is 0 Å². The molecule has 1 amide bonds. The van der Waals surface area contributed by atoms with Gasteiger partial charge < -0.3 is 5.32 Å². The SMILES string of the molecule is Cn1ncc2c(=O)n(CC(=O)Nc3ccc(Sc4ccc(Br)cc4)cc3)cnc21. The molecule has 0 saturated carbocycles. The molecule has 0 bridgehead atoms. The number of rotatable bonds is 5. The molecule has 2 aromatic carbocycles. The second-order valence-electron chi connectivity index (χ2n) is 6.31. The van der Waals surface area contributed by atoms with Crippen LogP contribution in [-0.2, 0) is 18.4 Å². The van der Waals surface area contributed by atoms with Crippen molar-refractivity contribution in [1.29, 1.82) is 0 Å². The number of nitrogens with zero attached hydrogens (tertiary/aromatic N) is 4. The Morgan fingerprint density at radius 1 is 1.10 bits per heavy atom. The maximum atomic E-state index is 12.5. The number of fused-ring (bicyclic) bond motifs is 1. The van der Waals surface area contributed by atoms with Crippen LogP contribution < -0.4 is 10.9 Å². The summed E-state index contributed by atoms with van der Waals surface area (Å²) in [6, 6.07) is 15.6. The van der Waals surface area contributed by atoms with Gasteiger partial charge in [-0.1, -0.05) is 27.7 Å². The number of aryl methyl sites for hydroxylation is 1. The van der Waals surface area contributed by atoms with Crippen molar-refractivity contribution in [1.82, 2.24) is 19.3 Å². The molecule has 0 unspecified atom stereocenters. The molecule has 0 aliphatic heterocycles. The molecule has 146 valence electrons. The highest BCUT2D eigenvalue weighted by molar-refractivity contribution is 9.10. The van der Waals surface area contributed by atoms with Gasteiger partial charge in [0.1, 0.15) is 18.3 Å². The highest BCUT2D eigenvalue weighted by Crippen LogP contribution is 2.29. The number of hydrogen-bond donors (Lipinski definition) is 1. The molecule has 1 N–H and O–H groups in total. The predicted octanol–water partition coefficient (Wildman–Crippen LogP) is 3.68. The van der Waals surface area contributed by atoms with E-state index in [2.05, 4.69) is 31.3 Å². The van der Waals surface area contributed by atoms with Gasteiger partial charge in [-0.3, -0.25) is 18.8 Å². The maximum absolute atomic E-state index is 12.5. The zero-order valence-electron chi connectivity index (χ0n) is 15.4. The van der Waals surface area contributed by atoms with Crippen molar-refractivity contribution in [2.24, 2.45) is 7.05 Å². The molecule has 0 fully saturated rings. The molecule has 4 rings (SSSR count). The van der Waals surface area contributed by atoms with Crippen molar-refractivity contribution < 1.29 is 4.79 Å². The van der Waals surface area contributed by atoms with E-state index in [0.29, 0.717) is 16.7 Å². The summed E-state index contributed by atoms with van der Waals surface area (Å²) in [6.45, 7) is -0.119. The van der Waals surface area contributed by atoms with Crippen LogP contribution in [0.5, 0.6) is 0 Å². The van der Waals surface area contributed by atoms with E-state index >= 15 is 0 Å². The predicted molar refractivity (Wildman–Crippen MR) is 116 cm³/mol. The van der Waals surface area contributed by atoms with E-state index in [1.807, 2.05) is 48.5 Å². The molecule has 4 aromatic rings. The fourth-order valence-electron chi connectivity index (χ4n) is 2.78. The highest BCUT2D eigenvalue weighted by Gasteiger charge is 2.11. The molecule has 2 heterocycles. The zero-order chi connectivity index (χ0) is 20.4. The Hall–Kier alpha value is -2.91. The maximum Gasteiger partial charge on any atom is 0.264 e. The van der Waals surface area contributed by atoms with Crippen molar-refractivity contribution in [3.8, 4) is 0 Å². The lowest BCUT2D eigenvalue weighted by Crippen LogP contribution is -2.27. The second kappa shape index (κ2) is 8.22. The summed E-state index contributed by atoms with van der Waals surface area (Å²) in [5.41, 5.74) is 0.864. The van der Waals surface area contributed by atoms with Crippen molar-refractivity contribution in [2.75, 3.05) is 5.32 Å². The largest absolute Gasteiger partial charge is 0.325 e. The third kappa shape index (κ3) is 4.41. The lowest BCUT2D eigenvalue weighted by Gasteiger charge is -2.08. The molecular formula is C20H16BrN5O2S. The molecule has 29 heavy (non-hydrogen) atoms. The summed E-state index contributed by atoms with van der Waals surface area (Å²) in [7, 11) is 1.71. The second-order valence-corrected chi connectivity index (χ2v) is 8.37. The molecule has 7 nitrogen and oxygen atoms in total. The Bertz CT molecular complexity index is 1230. The summed E-state index contributed by atoms with van der Waals surface area (Å²) in [6.07, 6.45) is 2.82. The number of halogens is 1. The van der Waals surface area contributed by atoms with Gasteiger partial charge >= 0.3 is 0 Å². The minimum absolute atomic E-state index is 0.119. The first kappa shape index (κ1) is 19.4. The monoisotopic (exact) mass is 469 g/mol. The average Bonchev–Trinajstić information content (AvgIpc) is 3.09. The molecule has 0 radical (unpaired) electrons. The van der Waals surface area contributed by atoms with E-state index in [-0.39, 0.29) is 18.0 Å². The van der Waals surface area contributed by atoms with Gasteiger partial charge in [-0.25, -0.2) is 4.98 Å². The first-order chi connectivity index (χ1) is 14.0. The number of amides is 1. The molecule has 0 aliphatic rings. The van der Waals surface area contributed by atoms with E-state index in [9.17, 15) is 9.59 Å². The Morgan fingerprint density at radius 3 is 2.45 bits per heavy atom. The van der Waals surface area contributed by atoms with E-state index in [1.165, 1.54) is 21.8 Å². The van der Waals surface area contributed by atoms with E-state index in [0.717, 1.165) is 14.3 Å². The quantitative estimate of drug-likeness (QED) is 0.481. The minimum atomic E-state index is -0.301. The summed E-state index contributed by atoms with van der Waals surface area (Å²) < 4.78 is 3.84. The third-order valence-electron chi connectivity index (χ3n) is 4.22. The van der Waals surface area contributed by atoms with Crippen LogP contribution in [0, 0.1) is 0 Å². The van der Waals surface area contributed by atoms with Gasteiger partial charge in [-0.2, -0.15) is 5.10 Å². The van der Waals surface area contributed by atoms with Crippen molar-refractivity contribution in [3.63, 3.8) is 0 Å². The molecular weight excluding hydrogens is 454 g/mol. The van der Waals surface area contributed by atoms with E-state index in [4.69, 9.17) is 0 Å². The van der Waals surface area contributed by atoms with Gasteiger partial charge in [-0.05, 0) is 48.5 Å². The Balaban J connectivity index is 1.41. The van der Waals surface area contributed by atoms with Gasteiger partial charge in [0.15, 0.2) is 5.65 Å². The van der Waals surface area contributed by atoms with Crippen LogP contribution in [0.15, 0.2) is 80.1 Å². The third-order valence-corrected chi connectivity index (χ3v) is 5.76. The first-order valence-electron chi connectivity index (χ1n) is 8.70. The Morgan fingerprint density at radius 2 is 1.76 bits per heavy atom. The average molecular weight is 470 g/mol. The number of carbonyl (C=O) groups excluding carboxylic acids is 1. The zero-order valence-corrected chi connectivity index (χ0v) is 17.8. The molecule has 0 aliphatic carbocycles. The van der Waals surface area contributed by atoms with Crippen LogP contribution in [0.4, 0.5) is 5.69 Å². The van der Waals surface area contributed by atoms with Crippen LogP contribution in [0.25, 0.3) is 11.0 Å². The number of anilines is 1. The van der Waals surface area contributed by atoms with E-state index in [1.54, 1.807) is 18.8 Å². The molecule has 0 atom stereocenters. The van der Waals surface area contributed by atoms with Crippen molar-refractivity contribution in [2.45, 2.75) is 16.3 Å². The van der Waals surface area contributed by atoms with Gasteiger partial charge in [0, 0.05) is 27.0 Å². The molecule has 0 saturated heterocycles. The fraction of sp³-hybridized carbons (Fsp3) is 0.100. The van der Waals surface area contributed by atoms with Crippen LogP contribution in [-0.4, -0.2) is 25.2 Å². The van der Waals surface area contributed by atoms with Gasteiger partial charge in [0.2, 0.25) is 5.91 Å². The number of benzene rings is 2. The number of nitrogens with one attached hydrogen (secondary N) is 1. The number of hydrogen-bond acceptors (Lipinski definition) is 5. The summed E-state index contributed by atoms with van der Waals surface area (Å²) >= 11 is 5.06. The van der Waals surface area contributed by atoms with Crippen molar-refractivity contribution >= 4 is 50.3 Å². The normalized spacial score (nSPS) is 11.0. The molecule has 9 heteroatoms. The Labute approximate surface area is 178 Å². The summed E-state index contributed by atoms with van der Waals surface area (Å²) in [4.78, 5) is 31.2. The van der Waals surface area contributed by atoms with Crippen LogP contribution in [0.1, 0.15) is 0 Å². The molecule has 2 aromatic heterocycles. The number of aromatic nitrogens is 4. The van der Waals surface area contributed by atoms with Crippen LogP contribution >= 0.6 is 27.7 Å². The fourth-order valence-corrected chi connectivity index (χ4v) is 3.86. The summed E-state index contributed by atoms with van der Waals surface area (Å²) in [5.74, 6) is -0.301. The van der Waals surface area contributed by atoms with Gasteiger partial charge in [-0.15, -0.1) is 0 Å². The lowest BCUT2D eigenvalue weighted by molar-refractivity contribution is -0.116. The summed E-state index contributed by atoms with van der Waals surface area (Å²) in [5, 5.41) is 7.22. The molecule has 0 spiro atoms. The topological polar surface area (TPSA) is 81.8 Å². The standard InChI is InChI=1S/C20H16BrN5O2S/c1-25-19-17(10-23-25)20(28)26(12-22-19)11-18(27)24-14-4-8-16(9-5-14)29-15-6-2-13(21)3-7-15/h2-10,12H,11H2,1H3,(H,24,27). The Kier molecular flexibility index (Phi) is 5.50. The lowest BCUT2D eigenvalue weighted by atomic mass is 10.3. The smallest absolute Gasteiger partial charge is 0.264 e. The number of carbonyl (C=O) groups is 1. The van der Waals surface area contributed by atoms with Crippen LogP contribution in [0.3, 0.4) is 0 Å². The van der Waals surface area contributed by atoms with E-state index < -0.39 is 0 Å². The van der Waals surface area contributed by atoms with Gasteiger partial charge in [0.05, 0.1) is 6.20 Å². The highest BCUT2D eigenvalue weighted by atomic mass is 79.9. The minimum Gasteiger partial charge on any atom is -0.325 e. The van der Waals surface area contributed by atoms with Gasteiger partial charge in [0.25, 0.3) is 5.56 Å². The first-order valence-corrected chi connectivity index (χ1v) is 10.3.